The number of carbonyl (C=O) groups excluding carboxylic acids is 1. The van der Waals surface area contributed by atoms with Crippen molar-refractivity contribution in [2.75, 3.05) is 19.0 Å². The molecule has 0 radical (unpaired) electrons. The molecule has 0 atom stereocenters. The molecule has 0 aliphatic carbocycles. The highest BCUT2D eigenvalue weighted by Gasteiger charge is 2.27. The molecule has 0 saturated carbocycles. The molecule has 0 bridgehead atoms. The first kappa shape index (κ1) is 20.5. The zero-order valence-electron chi connectivity index (χ0n) is 17.8. The van der Waals surface area contributed by atoms with Crippen LogP contribution in [-0.4, -0.2) is 30.8 Å². The number of Topliss-reactive ketones (excluding diaryl/α,β-unsaturated/α-hetero) is 1. The fourth-order valence-corrected chi connectivity index (χ4v) is 2.90. The van der Waals surface area contributed by atoms with E-state index in [1.807, 2.05) is 105 Å². The smallest absolute Gasteiger partial charge is 0.314 e. The van der Waals surface area contributed by atoms with Gasteiger partial charge in [-0.3, -0.25) is 4.79 Å². The molecule has 150 valence electrons. The molecule has 0 unspecified atom stereocenters. The number of rotatable bonds is 6. The van der Waals surface area contributed by atoms with E-state index < -0.39 is 0 Å². The Morgan fingerprint density at radius 3 is 2.31 bits per heavy atom. The van der Waals surface area contributed by atoms with Crippen LogP contribution in [0.25, 0.3) is 11.4 Å². The third kappa shape index (κ3) is 4.99. The quantitative estimate of drug-likeness (QED) is 0.472. The van der Waals surface area contributed by atoms with Gasteiger partial charge in [0.15, 0.2) is 12.0 Å². The highest BCUT2D eigenvalue weighted by Crippen LogP contribution is 2.19. The Labute approximate surface area is 172 Å². The summed E-state index contributed by atoms with van der Waals surface area (Å²) >= 11 is 0. The number of nitrogens with zero attached hydrogens (tertiary/aromatic N) is 4. The van der Waals surface area contributed by atoms with E-state index in [4.69, 9.17) is 0 Å². The topological polar surface area (TPSA) is 41.5 Å². The van der Waals surface area contributed by atoms with E-state index in [1.165, 1.54) is 0 Å². The van der Waals surface area contributed by atoms with Gasteiger partial charge in [0.05, 0.1) is 11.8 Å². The Bertz CT molecular complexity index is 994. The molecule has 3 rings (SSSR count). The number of aromatic nitrogens is 2. The van der Waals surface area contributed by atoms with E-state index in [0.29, 0.717) is 6.54 Å². The van der Waals surface area contributed by atoms with Crippen LogP contribution in [0.15, 0.2) is 72.1 Å². The van der Waals surface area contributed by atoms with E-state index in [1.54, 1.807) is 0 Å². The van der Waals surface area contributed by atoms with Crippen molar-refractivity contribution < 1.29 is 9.36 Å². The van der Waals surface area contributed by atoms with E-state index in [2.05, 4.69) is 22.1 Å². The van der Waals surface area contributed by atoms with Crippen molar-refractivity contribution >= 4 is 17.7 Å². The van der Waals surface area contributed by atoms with Gasteiger partial charge in [-0.15, -0.1) is 4.68 Å². The SMILES string of the molecule is CN(C)c1ccc(C=Nn2cc[n+](CC(=O)C(C)(C)C)c2-c2ccccc2)cc1. The van der Waals surface area contributed by atoms with Gasteiger partial charge in [0.25, 0.3) is 0 Å². The van der Waals surface area contributed by atoms with Crippen molar-refractivity contribution in [2.24, 2.45) is 10.5 Å². The van der Waals surface area contributed by atoms with Crippen LogP contribution in [0.2, 0.25) is 0 Å². The lowest BCUT2D eigenvalue weighted by molar-refractivity contribution is -0.673. The Balaban J connectivity index is 1.95. The van der Waals surface area contributed by atoms with Crippen molar-refractivity contribution in [2.45, 2.75) is 27.3 Å². The molecule has 2 aromatic carbocycles. The first-order chi connectivity index (χ1) is 13.8. The van der Waals surface area contributed by atoms with E-state index in [9.17, 15) is 4.79 Å². The number of anilines is 1. The third-order valence-electron chi connectivity index (χ3n) is 4.80. The van der Waals surface area contributed by atoms with Crippen LogP contribution in [0, 0.1) is 5.41 Å². The number of hydrogen-bond acceptors (Lipinski definition) is 3. The largest absolute Gasteiger partial charge is 0.378 e. The van der Waals surface area contributed by atoms with Crippen LogP contribution >= 0.6 is 0 Å². The lowest BCUT2D eigenvalue weighted by Crippen LogP contribution is -2.42. The van der Waals surface area contributed by atoms with E-state index >= 15 is 0 Å². The van der Waals surface area contributed by atoms with Crippen LogP contribution < -0.4 is 9.47 Å². The first-order valence-electron chi connectivity index (χ1n) is 9.77. The zero-order chi connectivity index (χ0) is 21.0. The minimum Gasteiger partial charge on any atom is -0.378 e. The molecule has 0 fully saturated rings. The van der Waals surface area contributed by atoms with E-state index in [0.717, 1.165) is 22.6 Å². The lowest BCUT2D eigenvalue weighted by atomic mass is 9.91. The van der Waals surface area contributed by atoms with Gasteiger partial charge >= 0.3 is 5.82 Å². The van der Waals surface area contributed by atoms with Gasteiger partial charge in [0.2, 0.25) is 0 Å². The molecule has 0 amide bonds. The van der Waals surface area contributed by atoms with Crippen LogP contribution in [0.4, 0.5) is 5.69 Å². The summed E-state index contributed by atoms with van der Waals surface area (Å²) in [6, 6.07) is 18.3. The van der Waals surface area contributed by atoms with Crippen LogP contribution in [0.1, 0.15) is 26.3 Å². The minimum absolute atomic E-state index is 0.181. The van der Waals surface area contributed by atoms with Gasteiger partial charge in [-0.05, 0) is 29.8 Å². The molecule has 0 aliphatic heterocycles. The van der Waals surface area contributed by atoms with Gasteiger partial charge in [0, 0.05) is 25.2 Å². The maximum absolute atomic E-state index is 12.6. The molecule has 0 aliphatic rings. The number of benzene rings is 2. The number of ketones is 1. The van der Waals surface area contributed by atoms with E-state index in [-0.39, 0.29) is 11.2 Å². The van der Waals surface area contributed by atoms with Crippen molar-refractivity contribution in [1.82, 2.24) is 4.68 Å². The van der Waals surface area contributed by atoms with Crippen molar-refractivity contribution in [1.29, 1.82) is 0 Å². The molecule has 0 N–H and O–H groups in total. The molecule has 5 nitrogen and oxygen atoms in total. The third-order valence-corrected chi connectivity index (χ3v) is 4.80. The normalized spacial score (nSPS) is 11.8. The van der Waals surface area contributed by atoms with Gasteiger partial charge in [-0.1, -0.05) is 56.2 Å². The fraction of sp³-hybridized carbons (Fsp3) is 0.292. The standard InChI is InChI=1S/C24H29N4O/c1-24(2,3)22(29)18-27-15-16-28(23(27)20-9-7-6-8-10-20)25-17-19-11-13-21(14-12-19)26(4)5/h6-17H,18H2,1-5H3/q+1. The molecular formula is C24H29N4O+. The van der Waals surface area contributed by atoms with Gasteiger partial charge in [0.1, 0.15) is 12.7 Å². The second kappa shape index (κ2) is 8.43. The average Bonchev–Trinajstić information content (AvgIpc) is 3.09. The number of hydrogen-bond donors (Lipinski definition) is 0. The average molecular weight is 390 g/mol. The predicted molar refractivity (Wildman–Crippen MR) is 118 cm³/mol. The van der Waals surface area contributed by atoms with Crippen LogP contribution in [0.5, 0.6) is 0 Å². The van der Waals surface area contributed by atoms with Crippen LogP contribution in [-0.2, 0) is 11.3 Å². The summed E-state index contributed by atoms with van der Waals surface area (Å²) in [5, 5.41) is 4.66. The molecule has 29 heavy (non-hydrogen) atoms. The summed E-state index contributed by atoms with van der Waals surface area (Å²) in [7, 11) is 4.04. The maximum Gasteiger partial charge on any atom is 0.314 e. The molecule has 5 heteroatoms. The molecule has 3 aromatic rings. The summed E-state index contributed by atoms with van der Waals surface area (Å²) in [5.74, 6) is 1.06. The molecular weight excluding hydrogens is 360 g/mol. The second-order valence-electron chi connectivity index (χ2n) is 8.36. The molecule has 1 heterocycles. The summed E-state index contributed by atoms with van der Waals surface area (Å²) in [5.41, 5.74) is 2.78. The number of carbonyl (C=O) groups is 1. The Kier molecular flexibility index (Phi) is 5.97. The molecule has 1 aromatic heterocycles. The molecule has 0 saturated heterocycles. The Morgan fingerprint density at radius 2 is 1.72 bits per heavy atom. The second-order valence-corrected chi connectivity index (χ2v) is 8.36. The highest BCUT2D eigenvalue weighted by molar-refractivity contribution is 5.82. The van der Waals surface area contributed by atoms with Gasteiger partial charge in [-0.2, -0.15) is 0 Å². The summed E-state index contributed by atoms with van der Waals surface area (Å²) in [4.78, 5) is 14.7. The number of imidazole rings is 1. The lowest BCUT2D eigenvalue weighted by Gasteiger charge is -2.15. The summed E-state index contributed by atoms with van der Waals surface area (Å²) in [6.45, 7) is 6.16. The predicted octanol–water partition coefficient (Wildman–Crippen LogP) is 4.01. The Morgan fingerprint density at radius 1 is 1.07 bits per heavy atom. The van der Waals surface area contributed by atoms with Crippen molar-refractivity contribution in [3.8, 4) is 11.4 Å². The summed E-state index contributed by atoms with van der Waals surface area (Å²) in [6.07, 6.45) is 5.64. The minimum atomic E-state index is -0.388. The zero-order valence-corrected chi connectivity index (χ0v) is 17.8. The van der Waals surface area contributed by atoms with Gasteiger partial charge in [-0.25, -0.2) is 4.57 Å². The van der Waals surface area contributed by atoms with Gasteiger partial charge < -0.3 is 4.90 Å². The first-order valence-corrected chi connectivity index (χ1v) is 9.77. The monoisotopic (exact) mass is 389 g/mol. The maximum atomic E-state index is 12.6. The van der Waals surface area contributed by atoms with Crippen molar-refractivity contribution in [3.05, 3.63) is 72.6 Å². The highest BCUT2D eigenvalue weighted by atomic mass is 16.1. The Hall–Kier alpha value is -3.21. The fourth-order valence-electron chi connectivity index (χ4n) is 2.90. The molecule has 0 spiro atoms. The summed E-state index contributed by atoms with van der Waals surface area (Å²) < 4.78 is 3.79. The van der Waals surface area contributed by atoms with Crippen molar-refractivity contribution in [3.63, 3.8) is 0 Å². The van der Waals surface area contributed by atoms with Crippen LogP contribution in [0.3, 0.4) is 0 Å².